The van der Waals surface area contributed by atoms with Crippen LogP contribution in [0.2, 0.25) is 5.02 Å². The van der Waals surface area contributed by atoms with E-state index in [0.29, 0.717) is 29.4 Å². The zero-order valence-electron chi connectivity index (χ0n) is 21.0. The summed E-state index contributed by atoms with van der Waals surface area (Å²) in [7, 11) is -1.76. The van der Waals surface area contributed by atoms with Gasteiger partial charge in [-0.25, -0.2) is 17.9 Å². The molecule has 1 saturated carbocycles. The van der Waals surface area contributed by atoms with Crippen molar-refractivity contribution in [3.63, 3.8) is 0 Å². The van der Waals surface area contributed by atoms with Crippen LogP contribution in [0.4, 0.5) is 13.2 Å². The average molecular weight is 627 g/mol. The first kappa shape index (κ1) is 32.8. The van der Waals surface area contributed by atoms with Crippen LogP contribution in [0.25, 0.3) is 5.69 Å². The third kappa shape index (κ3) is 6.05. The van der Waals surface area contributed by atoms with E-state index in [1.807, 2.05) is 0 Å². The number of nitrogens with zero attached hydrogens (tertiary/aromatic N) is 6. The van der Waals surface area contributed by atoms with Crippen LogP contribution in [-0.2, 0) is 29.8 Å². The maximum atomic E-state index is 13.6. The van der Waals surface area contributed by atoms with Crippen molar-refractivity contribution in [2.24, 2.45) is 7.05 Å². The topological polar surface area (TPSA) is 123 Å². The van der Waals surface area contributed by atoms with E-state index in [1.165, 1.54) is 10.9 Å². The van der Waals surface area contributed by atoms with Crippen molar-refractivity contribution in [3.05, 3.63) is 88.0 Å². The first-order valence-electron chi connectivity index (χ1n) is 11.9. The van der Waals surface area contributed by atoms with Gasteiger partial charge in [0.25, 0.3) is 0 Å². The summed E-state index contributed by atoms with van der Waals surface area (Å²) < 4.78 is 71.1. The minimum Gasteiger partial charge on any atom is -0.478 e. The zero-order chi connectivity index (χ0) is 29.0. The van der Waals surface area contributed by atoms with E-state index in [2.05, 4.69) is 15.4 Å². The van der Waals surface area contributed by atoms with Gasteiger partial charge >= 0.3 is 12.1 Å². The zero-order valence-corrected chi connectivity index (χ0v) is 22.6. The van der Waals surface area contributed by atoms with Crippen LogP contribution in [-0.4, -0.2) is 55.6 Å². The Labute approximate surface area is 246 Å². The summed E-state index contributed by atoms with van der Waals surface area (Å²) in [6.45, 7) is -0.285. The first-order chi connectivity index (χ1) is 18.8. The van der Waals surface area contributed by atoms with E-state index in [9.17, 15) is 31.5 Å². The number of carbonyl (C=O) groups is 1. The Balaban J connectivity index is 0.00000242. The van der Waals surface area contributed by atoms with Gasteiger partial charge in [-0.2, -0.15) is 22.6 Å². The van der Waals surface area contributed by atoms with E-state index in [4.69, 9.17) is 11.6 Å². The number of alkyl halides is 3. The second-order valence-electron chi connectivity index (χ2n) is 9.47. The Hall–Kier alpha value is -3.75. The lowest BCUT2D eigenvalue weighted by Gasteiger charge is -2.21. The summed E-state index contributed by atoms with van der Waals surface area (Å²) in [5.41, 5.74) is 0.764. The first-order valence-corrected chi connectivity index (χ1v) is 13.7. The van der Waals surface area contributed by atoms with Crippen molar-refractivity contribution < 1.29 is 31.5 Å². The number of aryl methyl sites for hydroxylation is 1. The van der Waals surface area contributed by atoms with Gasteiger partial charge in [-0.1, -0.05) is 49.9 Å². The van der Waals surface area contributed by atoms with Crippen molar-refractivity contribution in [1.82, 2.24) is 29.1 Å². The fraction of sp³-hybridized carbons (Fsp3) is 0.333. The van der Waals surface area contributed by atoms with Crippen molar-refractivity contribution in [3.8, 4) is 5.69 Å². The Morgan fingerprint density at radius 3 is 2.48 bits per heavy atom. The Morgan fingerprint density at radius 1 is 1.17 bits per heavy atom. The second-order valence-corrected chi connectivity index (χ2v) is 11.9. The molecule has 0 bridgehead atoms. The van der Waals surface area contributed by atoms with E-state index in [-0.39, 0.29) is 38.8 Å². The van der Waals surface area contributed by atoms with Crippen molar-refractivity contribution >= 4 is 27.6 Å². The molecule has 15 heteroatoms. The van der Waals surface area contributed by atoms with Crippen LogP contribution in [0.1, 0.15) is 66.0 Å². The molecule has 5 rings (SSSR count). The fourth-order valence-electron chi connectivity index (χ4n) is 4.72. The lowest BCUT2D eigenvalue weighted by molar-refractivity contribution is -0.139. The number of carboxylic acids is 1. The Morgan fingerprint density at radius 2 is 1.86 bits per heavy atom. The van der Waals surface area contributed by atoms with E-state index < -0.39 is 37.7 Å². The van der Waals surface area contributed by atoms with Crippen molar-refractivity contribution in [2.75, 3.05) is 7.05 Å². The number of sulfonamides is 1. The van der Waals surface area contributed by atoms with Crippen LogP contribution in [0.3, 0.4) is 0 Å². The van der Waals surface area contributed by atoms with Gasteiger partial charge < -0.3 is 5.11 Å². The predicted octanol–water partition coefficient (Wildman–Crippen LogP) is 5.74. The number of halogens is 4. The standard InChI is InChI=1S/C25H22ClF3N6O4S.2CH4/c1-33-13-21(31-32-33)16-10-17(16)22-18(24(36)37)11-30-35(22)15-6-3-5-14(9-15)12-34(2)40(38,39)23-19(25(27,28)29)7-4-8-20(23)26;;/h3-9,11,13,16-17H,10,12H2,1-2H3,(H,36,37);2*1H4/t16-,17-;;/m1../s1. The number of carboxylic acid groups (broad SMARTS) is 1. The number of hydrogen-bond acceptors (Lipinski definition) is 6. The predicted molar refractivity (Wildman–Crippen MR) is 150 cm³/mol. The molecular formula is C27H30ClF3N6O4S. The fourth-order valence-corrected chi connectivity index (χ4v) is 6.60. The van der Waals surface area contributed by atoms with Crippen LogP contribution >= 0.6 is 11.6 Å². The summed E-state index contributed by atoms with van der Waals surface area (Å²) in [6.07, 6.45) is -1.27. The highest BCUT2D eigenvalue weighted by Gasteiger charge is 2.46. The number of aromatic nitrogens is 5. The van der Waals surface area contributed by atoms with E-state index in [0.717, 1.165) is 29.2 Å². The molecule has 0 amide bonds. The molecule has 0 unspecified atom stereocenters. The lowest BCUT2D eigenvalue weighted by Crippen LogP contribution is -2.29. The van der Waals surface area contributed by atoms with Gasteiger partial charge in [0.2, 0.25) is 10.0 Å². The van der Waals surface area contributed by atoms with Gasteiger partial charge in [0.05, 0.1) is 33.9 Å². The van der Waals surface area contributed by atoms with E-state index >= 15 is 0 Å². The van der Waals surface area contributed by atoms with Gasteiger partial charge in [-0.05, 0) is 36.2 Å². The van der Waals surface area contributed by atoms with Crippen molar-refractivity contribution in [1.29, 1.82) is 0 Å². The normalized spacial score (nSPS) is 16.5. The SMILES string of the molecule is C.C.CN(Cc1cccc(-n2ncc(C(=O)O)c2[C@@H]2C[C@H]2c2cn(C)nn2)c1)S(=O)(=O)c1c(Cl)cccc1C(F)(F)F. The molecule has 0 radical (unpaired) electrons. The van der Waals surface area contributed by atoms with Gasteiger partial charge in [0.1, 0.15) is 10.5 Å². The molecule has 4 aromatic rings. The van der Waals surface area contributed by atoms with Gasteiger partial charge in [0, 0.05) is 38.7 Å². The lowest BCUT2D eigenvalue weighted by atomic mass is 10.1. The molecule has 2 aromatic carbocycles. The van der Waals surface area contributed by atoms with Crippen LogP contribution < -0.4 is 0 Å². The molecule has 1 aliphatic carbocycles. The minimum absolute atomic E-state index is 0. The maximum Gasteiger partial charge on any atom is 0.417 e. The monoisotopic (exact) mass is 626 g/mol. The molecular weight excluding hydrogens is 597 g/mol. The Kier molecular flexibility index (Phi) is 9.25. The van der Waals surface area contributed by atoms with Crippen LogP contribution in [0, 0.1) is 0 Å². The van der Waals surface area contributed by atoms with E-state index in [1.54, 1.807) is 42.2 Å². The molecule has 1 fully saturated rings. The Bertz CT molecular complexity index is 1720. The van der Waals surface area contributed by atoms with Gasteiger partial charge in [0.15, 0.2) is 0 Å². The molecule has 0 aliphatic heterocycles. The summed E-state index contributed by atoms with van der Waals surface area (Å²) >= 11 is 5.94. The summed E-state index contributed by atoms with van der Waals surface area (Å²) in [6, 6.07) is 9.30. The smallest absolute Gasteiger partial charge is 0.417 e. The van der Waals surface area contributed by atoms with Crippen LogP contribution in [0.5, 0.6) is 0 Å². The maximum absolute atomic E-state index is 13.6. The third-order valence-electron chi connectivity index (χ3n) is 6.68. The average Bonchev–Trinajstić information content (AvgIpc) is 3.32. The summed E-state index contributed by atoms with van der Waals surface area (Å²) in [5.74, 6) is -1.37. The molecule has 42 heavy (non-hydrogen) atoms. The number of benzene rings is 2. The molecule has 226 valence electrons. The number of rotatable bonds is 8. The van der Waals surface area contributed by atoms with Gasteiger partial charge in [-0.3, -0.25) is 4.68 Å². The molecule has 2 aromatic heterocycles. The molecule has 0 saturated heterocycles. The largest absolute Gasteiger partial charge is 0.478 e. The highest BCUT2D eigenvalue weighted by molar-refractivity contribution is 7.89. The van der Waals surface area contributed by atoms with Crippen molar-refractivity contribution in [2.45, 2.75) is 50.7 Å². The molecule has 2 atom stereocenters. The molecule has 2 heterocycles. The molecule has 0 spiro atoms. The van der Waals surface area contributed by atoms with Crippen LogP contribution in [0.15, 0.2) is 59.8 Å². The second kappa shape index (κ2) is 11.9. The number of aromatic carboxylic acids is 1. The minimum atomic E-state index is -4.93. The highest BCUT2D eigenvalue weighted by Crippen LogP contribution is 2.55. The molecule has 10 nitrogen and oxygen atoms in total. The highest BCUT2D eigenvalue weighted by atomic mass is 35.5. The molecule has 1 N–H and O–H groups in total. The third-order valence-corrected chi connectivity index (χ3v) is 9.01. The van der Waals surface area contributed by atoms with Gasteiger partial charge in [-0.15, -0.1) is 5.10 Å². The quantitative estimate of drug-likeness (QED) is 0.265. The number of hydrogen-bond donors (Lipinski definition) is 1. The summed E-state index contributed by atoms with van der Waals surface area (Å²) in [4.78, 5) is 11.0. The molecule has 1 aliphatic rings. The summed E-state index contributed by atoms with van der Waals surface area (Å²) in [5, 5.41) is 21.6.